The Labute approximate surface area is 119 Å². The first-order valence-electron chi connectivity index (χ1n) is 6.90. The van der Waals surface area contributed by atoms with Crippen molar-refractivity contribution in [1.29, 1.82) is 0 Å². The van der Waals surface area contributed by atoms with Gasteiger partial charge in [-0.1, -0.05) is 27.2 Å². The van der Waals surface area contributed by atoms with Crippen molar-refractivity contribution >= 4 is 11.9 Å². The van der Waals surface area contributed by atoms with Crippen LogP contribution in [0.2, 0.25) is 0 Å². The SMILES string of the molecule is CCCc1cc(C(=O)N[C@H](CC(C)C)C(=O)OC)n[nH]1. The molecule has 0 aliphatic rings. The lowest BCUT2D eigenvalue weighted by molar-refractivity contribution is -0.143. The molecule has 0 unspecified atom stereocenters. The summed E-state index contributed by atoms with van der Waals surface area (Å²) in [5.41, 5.74) is 1.21. The zero-order chi connectivity index (χ0) is 15.1. The van der Waals surface area contributed by atoms with Crippen molar-refractivity contribution in [3.8, 4) is 0 Å². The second-order valence-electron chi connectivity index (χ2n) is 5.21. The molecule has 1 aromatic heterocycles. The van der Waals surface area contributed by atoms with E-state index < -0.39 is 12.0 Å². The molecule has 0 aromatic carbocycles. The maximum atomic E-state index is 12.1. The number of ether oxygens (including phenoxy) is 1. The Kier molecular flexibility index (Phi) is 6.21. The summed E-state index contributed by atoms with van der Waals surface area (Å²) < 4.78 is 4.71. The summed E-state index contributed by atoms with van der Waals surface area (Å²) >= 11 is 0. The number of hydrogen-bond donors (Lipinski definition) is 2. The Morgan fingerprint density at radius 3 is 2.70 bits per heavy atom. The van der Waals surface area contributed by atoms with Crippen LogP contribution in [0, 0.1) is 5.92 Å². The minimum Gasteiger partial charge on any atom is -0.467 e. The monoisotopic (exact) mass is 281 g/mol. The van der Waals surface area contributed by atoms with Crippen LogP contribution in [0.1, 0.15) is 49.8 Å². The molecule has 1 atom stereocenters. The number of rotatable bonds is 7. The highest BCUT2D eigenvalue weighted by atomic mass is 16.5. The van der Waals surface area contributed by atoms with Gasteiger partial charge in [-0.05, 0) is 24.8 Å². The van der Waals surface area contributed by atoms with E-state index in [9.17, 15) is 9.59 Å². The molecule has 2 N–H and O–H groups in total. The van der Waals surface area contributed by atoms with Crippen molar-refractivity contribution in [1.82, 2.24) is 15.5 Å². The fraction of sp³-hybridized carbons (Fsp3) is 0.643. The lowest BCUT2D eigenvalue weighted by atomic mass is 10.0. The highest BCUT2D eigenvalue weighted by Crippen LogP contribution is 2.08. The van der Waals surface area contributed by atoms with Crippen molar-refractivity contribution in [2.75, 3.05) is 7.11 Å². The van der Waals surface area contributed by atoms with E-state index in [2.05, 4.69) is 22.4 Å². The normalized spacial score (nSPS) is 12.2. The average Bonchev–Trinajstić information content (AvgIpc) is 2.85. The minimum absolute atomic E-state index is 0.272. The van der Waals surface area contributed by atoms with Crippen LogP contribution in [-0.2, 0) is 16.0 Å². The number of carbonyl (C=O) groups is 2. The van der Waals surface area contributed by atoms with Gasteiger partial charge in [0.05, 0.1) is 7.11 Å². The van der Waals surface area contributed by atoms with E-state index in [0.717, 1.165) is 18.5 Å². The summed E-state index contributed by atoms with van der Waals surface area (Å²) in [7, 11) is 1.32. The number of esters is 1. The van der Waals surface area contributed by atoms with Crippen LogP contribution in [0.3, 0.4) is 0 Å². The quantitative estimate of drug-likeness (QED) is 0.745. The zero-order valence-electron chi connectivity index (χ0n) is 12.5. The molecule has 0 fully saturated rings. The number of nitrogens with zero attached hydrogens (tertiary/aromatic N) is 1. The maximum absolute atomic E-state index is 12.1. The highest BCUT2D eigenvalue weighted by molar-refractivity contribution is 5.95. The third kappa shape index (κ3) is 4.68. The van der Waals surface area contributed by atoms with Crippen LogP contribution in [0.5, 0.6) is 0 Å². The number of H-pyrrole nitrogens is 1. The summed E-state index contributed by atoms with van der Waals surface area (Å²) in [6.45, 7) is 6.02. The first-order valence-corrected chi connectivity index (χ1v) is 6.90. The highest BCUT2D eigenvalue weighted by Gasteiger charge is 2.24. The molecule has 0 aliphatic heterocycles. The van der Waals surface area contributed by atoms with Gasteiger partial charge >= 0.3 is 5.97 Å². The third-order valence-electron chi connectivity index (χ3n) is 2.88. The molecular weight excluding hydrogens is 258 g/mol. The molecular formula is C14H23N3O3. The topological polar surface area (TPSA) is 84.1 Å². The molecule has 0 bridgehead atoms. The van der Waals surface area contributed by atoms with E-state index in [1.54, 1.807) is 6.07 Å². The minimum atomic E-state index is -0.640. The molecule has 0 saturated heterocycles. The molecule has 0 saturated carbocycles. The molecule has 1 amide bonds. The Hall–Kier alpha value is -1.85. The van der Waals surface area contributed by atoms with Gasteiger partial charge in [0.2, 0.25) is 0 Å². The number of amides is 1. The number of nitrogens with one attached hydrogen (secondary N) is 2. The predicted octanol–water partition coefficient (Wildman–Crippen LogP) is 1.68. The van der Waals surface area contributed by atoms with Gasteiger partial charge in [-0.2, -0.15) is 5.10 Å². The van der Waals surface area contributed by atoms with E-state index >= 15 is 0 Å². The van der Waals surface area contributed by atoms with Gasteiger partial charge < -0.3 is 10.1 Å². The molecule has 20 heavy (non-hydrogen) atoms. The van der Waals surface area contributed by atoms with Crippen LogP contribution >= 0.6 is 0 Å². The van der Waals surface area contributed by atoms with Crippen molar-refractivity contribution in [2.45, 2.75) is 46.1 Å². The summed E-state index contributed by atoms with van der Waals surface area (Å²) in [6, 6.07) is 1.07. The fourth-order valence-corrected chi connectivity index (χ4v) is 1.94. The third-order valence-corrected chi connectivity index (χ3v) is 2.88. The molecule has 6 nitrogen and oxygen atoms in total. The number of hydrogen-bond acceptors (Lipinski definition) is 4. The van der Waals surface area contributed by atoms with E-state index in [1.807, 2.05) is 13.8 Å². The summed E-state index contributed by atoms with van der Waals surface area (Å²) in [4.78, 5) is 23.7. The second-order valence-corrected chi connectivity index (χ2v) is 5.21. The molecule has 0 spiro atoms. The van der Waals surface area contributed by atoms with Gasteiger partial charge in [0, 0.05) is 5.69 Å². The number of aromatic amines is 1. The fourth-order valence-electron chi connectivity index (χ4n) is 1.94. The number of methoxy groups -OCH3 is 1. The number of aryl methyl sites for hydroxylation is 1. The molecule has 1 heterocycles. The van der Waals surface area contributed by atoms with Crippen LogP contribution in [0.25, 0.3) is 0 Å². The molecule has 0 aliphatic carbocycles. The van der Waals surface area contributed by atoms with Crippen molar-refractivity contribution < 1.29 is 14.3 Å². The average molecular weight is 281 g/mol. The Bertz CT molecular complexity index is 454. The second kappa shape index (κ2) is 7.67. The van der Waals surface area contributed by atoms with E-state index in [4.69, 9.17) is 4.74 Å². The molecule has 1 rings (SSSR count). The van der Waals surface area contributed by atoms with Crippen molar-refractivity contribution in [2.24, 2.45) is 5.92 Å². The summed E-state index contributed by atoms with van der Waals surface area (Å²) in [5, 5.41) is 9.46. The molecule has 0 radical (unpaired) electrons. The maximum Gasteiger partial charge on any atom is 0.328 e. The van der Waals surface area contributed by atoms with Crippen molar-refractivity contribution in [3.05, 3.63) is 17.5 Å². The van der Waals surface area contributed by atoms with Crippen LogP contribution in [0.4, 0.5) is 0 Å². The predicted molar refractivity (Wildman–Crippen MR) is 75.3 cm³/mol. The van der Waals surface area contributed by atoms with Crippen molar-refractivity contribution in [3.63, 3.8) is 0 Å². The largest absolute Gasteiger partial charge is 0.467 e. The Balaban J connectivity index is 2.71. The van der Waals surface area contributed by atoms with Gasteiger partial charge in [0.1, 0.15) is 11.7 Å². The van der Waals surface area contributed by atoms with Gasteiger partial charge in [-0.25, -0.2) is 4.79 Å². The Morgan fingerprint density at radius 1 is 1.45 bits per heavy atom. The van der Waals surface area contributed by atoms with Gasteiger partial charge in [0.15, 0.2) is 0 Å². The Morgan fingerprint density at radius 2 is 2.15 bits per heavy atom. The van der Waals surface area contributed by atoms with E-state index in [-0.39, 0.29) is 11.8 Å². The molecule has 6 heteroatoms. The lowest BCUT2D eigenvalue weighted by Crippen LogP contribution is -2.42. The van der Waals surface area contributed by atoms with Crippen LogP contribution < -0.4 is 5.32 Å². The zero-order valence-corrected chi connectivity index (χ0v) is 12.5. The lowest BCUT2D eigenvalue weighted by Gasteiger charge is -2.17. The smallest absolute Gasteiger partial charge is 0.328 e. The standard InChI is InChI=1S/C14H23N3O3/c1-5-6-10-8-11(17-16-10)13(18)15-12(7-9(2)3)14(19)20-4/h8-9,12H,5-7H2,1-4H3,(H,15,18)(H,16,17)/t12-/m1/s1. The molecule has 112 valence electrons. The van der Waals surface area contributed by atoms with E-state index in [0.29, 0.717) is 12.1 Å². The summed E-state index contributed by atoms with van der Waals surface area (Å²) in [5.74, 6) is -0.523. The van der Waals surface area contributed by atoms with Crippen LogP contribution in [0.15, 0.2) is 6.07 Å². The first-order chi connectivity index (χ1) is 9.47. The number of carbonyl (C=O) groups excluding carboxylic acids is 2. The first kappa shape index (κ1) is 16.2. The van der Waals surface area contributed by atoms with Gasteiger partial charge in [-0.15, -0.1) is 0 Å². The summed E-state index contributed by atoms with van der Waals surface area (Å²) in [6.07, 6.45) is 2.35. The van der Waals surface area contributed by atoms with Gasteiger partial charge in [-0.3, -0.25) is 9.89 Å². The number of aromatic nitrogens is 2. The van der Waals surface area contributed by atoms with Crippen LogP contribution in [-0.4, -0.2) is 35.2 Å². The van der Waals surface area contributed by atoms with E-state index in [1.165, 1.54) is 7.11 Å². The van der Waals surface area contributed by atoms with Gasteiger partial charge in [0.25, 0.3) is 5.91 Å². The molecule has 1 aromatic rings.